The van der Waals surface area contributed by atoms with E-state index in [2.05, 4.69) is 12.2 Å². The number of rotatable bonds is 20. The summed E-state index contributed by atoms with van der Waals surface area (Å²) < 4.78 is 0. The summed E-state index contributed by atoms with van der Waals surface area (Å²) in [5, 5.41) is 49.3. The molecule has 34 heavy (non-hydrogen) atoms. The maximum Gasteiger partial charge on any atom is 0.336 e. The van der Waals surface area contributed by atoms with Crippen molar-refractivity contribution < 1.29 is 49.6 Å². The van der Waals surface area contributed by atoms with Crippen molar-refractivity contribution in [1.82, 2.24) is 10.4 Å². The second kappa shape index (κ2) is 16.8. The van der Waals surface area contributed by atoms with Gasteiger partial charge in [0.25, 0.3) is 0 Å². The average molecular weight is 491 g/mol. The van der Waals surface area contributed by atoms with Gasteiger partial charge >= 0.3 is 17.9 Å². The van der Waals surface area contributed by atoms with Gasteiger partial charge in [0.15, 0.2) is 5.60 Å². The maximum absolute atomic E-state index is 12.0. The van der Waals surface area contributed by atoms with Crippen molar-refractivity contribution in [1.29, 1.82) is 0 Å². The lowest BCUT2D eigenvalue weighted by atomic mass is 9.95. The van der Waals surface area contributed by atoms with Gasteiger partial charge in [0.1, 0.15) is 6.04 Å². The Morgan fingerprint density at radius 1 is 0.853 bits per heavy atom. The van der Waals surface area contributed by atoms with Crippen molar-refractivity contribution in [3.63, 3.8) is 0 Å². The van der Waals surface area contributed by atoms with Gasteiger partial charge in [-0.1, -0.05) is 45.4 Å². The molecule has 12 nitrogen and oxygen atoms in total. The van der Waals surface area contributed by atoms with Gasteiger partial charge in [0.2, 0.25) is 11.8 Å². The zero-order valence-electron chi connectivity index (χ0n) is 19.7. The van der Waals surface area contributed by atoms with Crippen LogP contribution in [0.3, 0.4) is 0 Å². The molecule has 6 N–H and O–H groups in total. The predicted molar refractivity (Wildman–Crippen MR) is 119 cm³/mol. The summed E-state index contributed by atoms with van der Waals surface area (Å²) in [4.78, 5) is 57.2. The molecular weight excluding hydrogens is 452 g/mol. The molecule has 0 rings (SSSR count). The molecule has 12 heteroatoms. The quantitative estimate of drug-likeness (QED) is 0.0829. The van der Waals surface area contributed by atoms with Gasteiger partial charge in [-0.25, -0.2) is 14.7 Å². The van der Waals surface area contributed by atoms with E-state index in [1.165, 1.54) is 19.3 Å². The minimum Gasteiger partial charge on any atom is -0.481 e. The van der Waals surface area contributed by atoms with Crippen LogP contribution < -0.4 is 5.32 Å². The fourth-order valence-electron chi connectivity index (χ4n) is 3.33. The van der Waals surface area contributed by atoms with Gasteiger partial charge in [-0.05, 0) is 25.7 Å². The van der Waals surface area contributed by atoms with Gasteiger partial charge < -0.3 is 25.7 Å². The Balaban J connectivity index is 4.36. The summed E-state index contributed by atoms with van der Waals surface area (Å²) in [6.45, 7) is 2.13. The molecule has 0 heterocycles. The number of carboxylic acid groups (broad SMARTS) is 3. The smallest absolute Gasteiger partial charge is 0.336 e. The average Bonchev–Trinajstić information content (AvgIpc) is 2.73. The second-order valence-electron chi connectivity index (χ2n) is 8.43. The zero-order chi connectivity index (χ0) is 26.1. The molecule has 0 saturated heterocycles. The monoisotopic (exact) mass is 490 g/mol. The maximum atomic E-state index is 12.0. The van der Waals surface area contributed by atoms with Gasteiger partial charge in [-0.3, -0.25) is 19.6 Å². The van der Waals surface area contributed by atoms with Crippen LogP contribution in [-0.2, 0) is 24.0 Å². The third-order valence-electron chi connectivity index (χ3n) is 5.32. The molecule has 0 aliphatic rings. The number of hydrogen-bond donors (Lipinski definition) is 6. The lowest BCUT2D eigenvalue weighted by Crippen LogP contribution is -2.48. The molecule has 2 atom stereocenters. The minimum absolute atomic E-state index is 0.00695. The van der Waals surface area contributed by atoms with Crippen molar-refractivity contribution in [3.05, 3.63) is 0 Å². The Kier molecular flexibility index (Phi) is 15.5. The summed E-state index contributed by atoms with van der Waals surface area (Å²) in [5.74, 6) is -6.50. The highest BCUT2D eigenvalue weighted by atomic mass is 16.5. The number of amides is 2. The van der Waals surface area contributed by atoms with Crippen LogP contribution in [0, 0.1) is 0 Å². The molecule has 2 amide bonds. The number of unbranched alkanes of at least 4 members (excludes halogenated alkanes) is 7. The third kappa shape index (κ3) is 13.7. The van der Waals surface area contributed by atoms with E-state index in [9.17, 15) is 39.4 Å². The molecule has 0 aromatic carbocycles. The Hall–Kier alpha value is -2.73. The molecule has 0 spiro atoms. The molecule has 0 bridgehead atoms. The van der Waals surface area contributed by atoms with Gasteiger partial charge in [0, 0.05) is 13.0 Å². The van der Waals surface area contributed by atoms with Gasteiger partial charge in [0.05, 0.1) is 12.8 Å². The van der Waals surface area contributed by atoms with Crippen LogP contribution in [0.2, 0.25) is 0 Å². The SMILES string of the molecule is CCCCCCCCCC(=O)N(O)CCCC[C@H](NC(=O)CC(O)(CC(=O)O)C(=O)O)C(=O)O. The van der Waals surface area contributed by atoms with Crippen LogP contribution in [0.4, 0.5) is 0 Å². The van der Waals surface area contributed by atoms with E-state index in [1.54, 1.807) is 0 Å². The number of hydroxylamine groups is 2. The fraction of sp³-hybridized carbons (Fsp3) is 0.773. The molecule has 0 aliphatic carbocycles. The van der Waals surface area contributed by atoms with E-state index in [0.29, 0.717) is 11.5 Å². The Labute approximate surface area is 198 Å². The van der Waals surface area contributed by atoms with Crippen molar-refractivity contribution in [3.8, 4) is 0 Å². The summed E-state index contributed by atoms with van der Waals surface area (Å²) in [7, 11) is 0. The van der Waals surface area contributed by atoms with Crippen LogP contribution in [0.1, 0.15) is 90.4 Å². The van der Waals surface area contributed by atoms with Gasteiger partial charge in [-0.2, -0.15) is 0 Å². The molecule has 1 unspecified atom stereocenters. The number of carbonyl (C=O) groups excluding carboxylic acids is 2. The van der Waals surface area contributed by atoms with Crippen molar-refractivity contribution in [2.75, 3.05) is 6.54 Å². The van der Waals surface area contributed by atoms with E-state index < -0.39 is 54.2 Å². The topological polar surface area (TPSA) is 202 Å². The summed E-state index contributed by atoms with van der Waals surface area (Å²) in [6.07, 6.45) is 5.57. The first-order chi connectivity index (χ1) is 15.9. The Morgan fingerprint density at radius 2 is 1.44 bits per heavy atom. The molecule has 196 valence electrons. The lowest BCUT2D eigenvalue weighted by molar-refractivity contribution is -0.168. The molecule has 0 aromatic rings. The summed E-state index contributed by atoms with van der Waals surface area (Å²) >= 11 is 0. The first-order valence-corrected chi connectivity index (χ1v) is 11.6. The molecule has 0 radical (unpaired) electrons. The second-order valence-corrected chi connectivity index (χ2v) is 8.43. The van der Waals surface area contributed by atoms with E-state index in [-0.39, 0.29) is 32.2 Å². The largest absolute Gasteiger partial charge is 0.481 e. The van der Waals surface area contributed by atoms with Crippen molar-refractivity contribution >= 4 is 29.7 Å². The number of aliphatic carboxylic acids is 3. The van der Waals surface area contributed by atoms with Crippen LogP contribution >= 0.6 is 0 Å². The first kappa shape index (κ1) is 31.3. The molecule has 0 aliphatic heterocycles. The zero-order valence-corrected chi connectivity index (χ0v) is 19.7. The van der Waals surface area contributed by atoms with E-state index in [0.717, 1.165) is 19.3 Å². The van der Waals surface area contributed by atoms with Gasteiger partial charge in [-0.15, -0.1) is 0 Å². The van der Waals surface area contributed by atoms with Crippen molar-refractivity contribution in [2.45, 2.75) is 102 Å². The first-order valence-electron chi connectivity index (χ1n) is 11.6. The third-order valence-corrected chi connectivity index (χ3v) is 5.32. The van der Waals surface area contributed by atoms with E-state index in [4.69, 9.17) is 10.2 Å². The van der Waals surface area contributed by atoms with Crippen LogP contribution in [0.5, 0.6) is 0 Å². The molecule has 0 saturated carbocycles. The number of nitrogens with one attached hydrogen (secondary N) is 1. The van der Waals surface area contributed by atoms with Crippen LogP contribution in [-0.4, -0.2) is 78.6 Å². The summed E-state index contributed by atoms with van der Waals surface area (Å²) in [6, 6.07) is -1.41. The standard InChI is InChI=1S/C22H38N2O10/c1-2-3-4-5-6-7-8-12-18(26)24(34)13-10-9-11-16(20(29)30)23-17(25)14-22(33,21(31)32)15-19(27)28/h16,33-34H,2-15H2,1H3,(H,23,25)(H,27,28)(H,29,30)(H,31,32)/t16-,22?/m0/s1. The number of carbonyl (C=O) groups is 5. The fourth-order valence-corrected chi connectivity index (χ4v) is 3.33. The van der Waals surface area contributed by atoms with Crippen LogP contribution in [0.25, 0.3) is 0 Å². The Morgan fingerprint density at radius 3 is 1.97 bits per heavy atom. The number of aliphatic hydroxyl groups is 1. The highest BCUT2D eigenvalue weighted by Gasteiger charge is 2.41. The lowest BCUT2D eigenvalue weighted by Gasteiger charge is -2.22. The number of hydrogen-bond acceptors (Lipinski definition) is 7. The predicted octanol–water partition coefficient (Wildman–Crippen LogP) is 1.77. The van der Waals surface area contributed by atoms with Crippen molar-refractivity contribution in [2.24, 2.45) is 0 Å². The normalized spacial score (nSPS) is 13.5. The van der Waals surface area contributed by atoms with E-state index in [1.807, 2.05) is 0 Å². The minimum atomic E-state index is -2.87. The van der Waals surface area contributed by atoms with Crippen LogP contribution in [0.15, 0.2) is 0 Å². The molecule has 0 aromatic heterocycles. The number of nitrogens with zero attached hydrogens (tertiary/aromatic N) is 1. The molecular formula is C22H38N2O10. The van der Waals surface area contributed by atoms with E-state index >= 15 is 0 Å². The highest BCUT2D eigenvalue weighted by Crippen LogP contribution is 2.17. The molecule has 0 fully saturated rings. The summed E-state index contributed by atoms with van der Waals surface area (Å²) in [5.41, 5.74) is -2.87. The Bertz CT molecular complexity index is 685. The highest BCUT2D eigenvalue weighted by molar-refractivity contribution is 5.91. The number of carboxylic acids is 3.